The fourth-order valence-corrected chi connectivity index (χ4v) is 1.92. The van der Waals surface area contributed by atoms with Crippen LogP contribution in [0.3, 0.4) is 0 Å². The lowest BCUT2D eigenvalue weighted by molar-refractivity contribution is 0.259. The van der Waals surface area contributed by atoms with Crippen molar-refractivity contribution in [1.82, 2.24) is 10.3 Å². The van der Waals surface area contributed by atoms with Crippen molar-refractivity contribution in [3.63, 3.8) is 0 Å². The van der Waals surface area contributed by atoms with E-state index in [1.807, 2.05) is 25.2 Å². The standard InChI is InChI=1S/C15H20N2O2/c1-3-5-13-8-12(10-16-2)9-15(17-13)19-11-14-6-4-7-18-14/h4,6-9,16H,3,5,10-11H2,1-2H3. The van der Waals surface area contributed by atoms with Gasteiger partial charge in [0.25, 0.3) is 0 Å². The maximum atomic E-state index is 5.69. The third kappa shape index (κ3) is 4.10. The van der Waals surface area contributed by atoms with Crippen molar-refractivity contribution in [2.75, 3.05) is 7.05 Å². The summed E-state index contributed by atoms with van der Waals surface area (Å²) in [6.07, 6.45) is 3.69. The summed E-state index contributed by atoms with van der Waals surface area (Å²) in [4.78, 5) is 4.51. The highest BCUT2D eigenvalue weighted by Crippen LogP contribution is 2.16. The van der Waals surface area contributed by atoms with Gasteiger partial charge in [-0.2, -0.15) is 0 Å². The summed E-state index contributed by atoms with van der Waals surface area (Å²) in [5.41, 5.74) is 2.26. The van der Waals surface area contributed by atoms with E-state index in [9.17, 15) is 0 Å². The third-order valence-corrected chi connectivity index (χ3v) is 2.74. The van der Waals surface area contributed by atoms with Crippen LogP contribution in [-0.2, 0) is 19.6 Å². The van der Waals surface area contributed by atoms with Crippen LogP contribution in [0.2, 0.25) is 0 Å². The number of pyridine rings is 1. The van der Waals surface area contributed by atoms with Crippen LogP contribution in [0.5, 0.6) is 5.88 Å². The van der Waals surface area contributed by atoms with Crippen LogP contribution in [-0.4, -0.2) is 12.0 Å². The molecule has 0 fully saturated rings. The van der Waals surface area contributed by atoms with E-state index >= 15 is 0 Å². The Labute approximate surface area is 113 Å². The van der Waals surface area contributed by atoms with Gasteiger partial charge in [-0.05, 0) is 37.2 Å². The van der Waals surface area contributed by atoms with Gasteiger partial charge >= 0.3 is 0 Å². The molecule has 0 aliphatic heterocycles. The first kappa shape index (κ1) is 13.6. The molecule has 19 heavy (non-hydrogen) atoms. The van der Waals surface area contributed by atoms with E-state index in [0.717, 1.165) is 30.8 Å². The zero-order chi connectivity index (χ0) is 13.5. The van der Waals surface area contributed by atoms with Crippen molar-refractivity contribution >= 4 is 0 Å². The van der Waals surface area contributed by atoms with Crippen molar-refractivity contribution in [3.05, 3.63) is 47.5 Å². The fourth-order valence-electron chi connectivity index (χ4n) is 1.92. The number of hydrogen-bond acceptors (Lipinski definition) is 4. The zero-order valence-electron chi connectivity index (χ0n) is 11.5. The highest BCUT2D eigenvalue weighted by molar-refractivity contribution is 5.25. The quantitative estimate of drug-likeness (QED) is 0.831. The number of aromatic nitrogens is 1. The second kappa shape index (κ2) is 6.95. The zero-order valence-corrected chi connectivity index (χ0v) is 11.5. The number of hydrogen-bond donors (Lipinski definition) is 1. The molecule has 0 bridgehead atoms. The summed E-state index contributed by atoms with van der Waals surface area (Å²) >= 11 is 0. The lowest BCUT2D eigenvalue weighted by Gasteiger charge is -2.09. The van der Waals surface area contributed by atoms with Crippen LogP contribution in [0.1, 0.15) is 30.4 Å². The van der Waals surface area contributed by atoms with Crippen LogP contribution in [0, 0.1) is 0 Å². The molecule has 2 aromatic heterocycles. The second-order valence-electron chi connectivity index (χ2n) is 4.45. The van der Waals surface area contributed by atoms with Gasteiger partial charge in [0, 0.05) is 18.3 Å². The molecular formula is C15H20N2O2. The molecule has 0 saturated heterocycles. The van der Waals surface area contributed by atoms with E-state index in [-0.39, 0.29) is 0 Å². The first-order valence-electron chi connectivity index (χ1n) is 6.61. The topological polar surface area (TPSA) is 47.3 Å². The van der Waals surface area contributed by atoms with Crippen molar-refractivity contribution < 1.29 is 9.15 Å². The summed E-state index contributed by atoms with van der Waals surface area (Å²) < 4.78 is 10.9. The second-order valence-corrected chi connectivity index (χ2v) is 4.45. The lowest BCUT2D eigenvalue weighted by atomic mass is 10.1. The first-order chi connectivity index (χ1) is 9.31. The van der Waals surface area contributed by atoms with Crippen LogP contribution in [0.4, 0.5) is 0 Å². The molecule has 1 N–H and O–H groups in total. The largest absolute Gasteiger partial charge is 0.469 e. The number of nitrogens with zero attached hydrogens (tertiary/aromatic N) is 1. The molecule has 2 rings (SSSR count). The van der Waals surface area contributed by atoms with Gasteiger partial charge in [-0.25, -0.2) is 4.98 Å². The lowest BCUT2D eigenvalue weighted by Crippen LogP contribution is -2.07. The van der Waals surface area contributed by atoms with Gasteiger partial charge in [-0.1, -0.05) is 13.3 Å². The van der Waals surface area contributed by atoms with E-state index in [4.69, 9.17) is 9.15 Å². The van der Waals surface area contributed by atoms with E-state index in [1.54, 1.807) is 6.26 Å². The average Bonchev–Trinajstić information content (AvgIpc) is 2.90. The summed E-state index contributed by atoms with van der Waals surface area (Å²) in [7, 11) is 1.93. The molecule has 102 valence electrons. The van der Waals surface area contributed by atoms with Crippen molar-refractivity contribution in [2.45, 2.75) is 32.9 Å². The first-order valence-corrected chi connectivity index (χ1v) is 6.61. The summed E-state index contributed by atoms with van der Waals surface area (Å²) in [6.45, 7) is 3.38. The molecule has 0 aromatic carbocycles. The van der Waals surface area contributed by atoms with Gasteiger partial charge in [-0.15, -0.1) is 0 Å². The molecule has 0 radical (unpaired) electrons. The molecule has 0 unspecified atom stereocenters. The van der Waals surface area contributed by atoms with Crippen molar-refractivity contribution in [1.29, 1.82) is 0 Å². The Kier molecular flexibility index (Phi) is 4.98. The van der Waals surface area contributed by atoms with E-state index < -0.39 is 0 Å². The van der Waals surface area contributed by atoms with Crippen molar-refractivity contribution in [3.8, 4) is 5.88 Å². The number of rotatable bonds is 7. The number of furan rings is 1. The summed E-state index contributed by atoms with van der Waals surface area (Å²) in [5, 5.41) is 3.15. The Morgan fingerprint density at radius 3 is 2.95 bits per heavy atom. The van der Waals surface area contributed by atoms with Gasteiger partial charge in [0.15, 0.2) is 0 Å². The Morgan fingerprint density at radius 1 is 1.37 bits per heavy atom. The van der Waals surface area contributed by atoms with Gasteiger partial charge in [-0.3, -0.25) is 0 Å². The van der Waals surface area contributed by atoms with Crippen LogP contribution >= 0.6 is 0 Å². The highest BCUT2D eigenvalue weighted by Gasteiger charge is 2.05. The average molecular weight is 260 g/mol. The molecule has 2 heterocycles. The number of aryl methyl sites for hydroxylation is 1. The normalized spacial score (nSPS) is 10.6. The van der Waals surface area contributed by atoms with E-state index in [1.165, 1.54) is 5.56 Å². The summed E-state index contributed by atoms with van der Waals surface area (Å²) in [5.74, 6) is 1.46. The Hall–Kier alpha value is -1.81. The molecule has 4 nitrogen and oxygen atoms in total. The smallest absolute Gasteiger partial charge is 0.214 e. The molecule has 0 atom stereocenters. The fraction of sp³-hybridized carbons (Fsp3) is 0.400. The number of ether oxygens (including phenoxy) is 1. The minimum Gasteiger partial charge on any atom is -0.469 e. The summed E-state index contributed by atoms with van der Waals surface area (Å²) in [6, 6.07) is 7.84. The molecule has 0 aliphatic carbocycles. The monoisotopic (exact) mass is 260 g/mol. The van der Waals surface area contributed by atoms with Gasteiger partial charge < -0.3 is 14.5 Å². The molecule has 2 aromatic rings. The Bertz CT molecular complexity index is 471. The van der Waals surface area contributed by atoms with E-state index in [0.29, 0.717) is 12.5 Å². The van der Waals surface area contributed by atoms with Gasteiger partial charge in [0.2, 0.25) is 5.88 Å². The Balaban J connectivity index is 2.08. The van der Waals surface area contributed by atoms with Crippen LogP contribution < -0.4 is 10.1 Å². The highest BCUT2D eigenvalue weighted by atomic mass is 16.5. The molecule has 0 aliphatic rings. The predicted molar refractivity (Wildman–Crippen MR) is 74.0 cm³/mol. The maximum Gasteiger partial charge on any atom is 0.214 e. The minimum atomic E-state index is 0.411. The minimum absolute atomic E-state index is 0.411. The van der Waals surface area contributed by atoms with Gasteiger partial charge in [0.05, 0.1) is 6.26 Å². The van der Waals surface area contributed by atoms with E-state index in [2.05, 4.69) is 23.3 Å². The molecular weight excluding hydrogens is 240 g/mol. The Morgan fingerprint density at radius 2 is 2.26 bits per heavy atom. The van der Waals surface area contributed by atoms with Crippen LogP contribution in [0.15, 0.2) is 34.9 Å². The SMILES string of the molecule is CCCc1cc(CNC)cc(OCc2ccco2)n1. The maximum absolute atomic E-state index is 5.69. The van der Waals surface area contributed by atoms with Gasteiger partial charge in [0.1, 0.15) is 12.4 Å². The van der Waals surface area contributed by atoms with Crippen molar-refractivity contribution in [2.24, 2.45) is 0 Å². The van der Waals surface area contributed by atoms with Crippen LogP contribution in [0.25, 0.3) is 0 Å². The number of nitrogens with one attached hydrogen (secondary N) is 1. The molecule has 4 heteroatoms. The molecule has 0 amide bonds. The molecule has 0 saturated carbocycles. The molecule has 0 spiro atoms. The third-order valence-electron chi connectivity index (χ3n) is 2.74. The predicted octanol–water partition coefficient (Wildman–Crippen LogP) is 2.93.